The quantitative estimate of drug-likeness (QED) is 0.593. The largest absolute Gasteiger partial charge is 0.256 e. The summed E-state index contributed by atoms with van der Waals surface area (Å²) in [4.78, 5) is 4.68. The molecule has 0 spiro atoms. The van der Waals surface area contributed by atoms with E-state index in [1.165, 1.54) is 38.9 Å². The first-order valence-electron chi connectivity index (χ1n) is 7.66. The van der Waals surface area contributed by atoms with Crippen LogP contribution in [0.25, 0.3) is 22.4 Å². The SMILES string of the molecule is Cc1ccc(-c2cc(C)c(-c3ccc(C)cc3C)cn2)cc1. The van der Waals surface area contributed by atoms with E-state index in [2.05, 4.69) is 81.2 Å². The molecule has 0 bridgehead atoms. The second-order valence-electron chi connectivity index (χ2n) is 6.07. The standard InChI is InChI=1S/C21H21N/c1-14-5-8-18(9-6-14)21-12-17(4)20(13-22-21)19-10-7-15(2)11-16(19)3/h5-13H,1-4H3. The van der Waals surface area contributed by atoms with Crippen LogP contribution in [0.4, 0.5) is 0 Å². The topological polar surface area (TPSA) is 12.9 Å². The van der Waals surface area contributed by atoms with Crippen LogP contribution >= 0.6 is 0 Å². The van der Waals surface area contributed by atoms with Crippen molar-refractivity contribution in [2.75, 3.05) is 0 Å². The number of benzene rings is 2. The van der Waals surface area contributed by atoms with Gasteiger partial charge in [-0.2, -0.15) is 0 Å². The van der Waals surface area contributed by atoms with Gasteiger partial charge in [-0.3, -0.25) is 4.98 Å². The molecule has 0 aliphatic carbocycles. The Labute approximate surface area is 132 Å². The maximum absolute atomic E-state index is 4.68. The predicted octanol–water partition coefficient (Wildman–Crippen LogP) is 5.65. The number of pyridine rings is 1. The summed E-state index contributed by atoms with van der Waals surface area (Å²) in [5, 5.41) is 0. The van der Waals surface area contributed by atoms with Gasteiger partial charge in [-0.15, -0.1) is 0 Å². The molecule has 2 aromatic carbocycles. The Balaban J connectivity index is 2.04. The highest BCUT2D eigenvalue weighted by atomic mass is 14.7. The normalized spacial score (nSPS) is 10.7. The van der Waals surface area contributed by atoms with E-state index in [9.17, 15) is 0 Å². The van der Waals surface area contributed by atoms with Gasteiger partial charge < -0.3 is 0 Å². The number of rotatable bonds is 2. The molecule has 0 unspecified atom stereocenters. The molecule has 0 aliphatic heterocycles. The van der Waals surface area contributed by atoms with Crippen LogP contribution in [0.1, 0.15) is 22.3 Å². The van der Waals surface area contributed by atoms with Crippen LogP contribution in [0.2, 0.25) is 0 Å². The van der Waals surface area contributed by atoms with E-state index in [0.29, 0.717) is 0 Å². The van der Waals surface area contributed by atoms with E-state index < -0.39 is 0 Å². The number of hydrogen-bond donors (Lipinski definition) is 0. The van der Waals surface area contributed by atoms with Crippen molar-refractivity contribution in [2.24, 2.45) is 0 Å². The Morgan fingerprint density at radius 1 is 0.636 bits per heavy atom. The van der Waals surface area contributed by atoms with E-state index in [1.807, 2.05) is 6.20 Å². The minimum absolute atomic E-state index is 1.03. The predicted molar refractivity (Wildman–Crippen MR) is 94.1 cm³/mol. The van der Waals surface area contributed by atoms with Crippen molar-refractivity contribution in [1.82, 2.24) is 4.98 Å². The number of aromatic nitrogens is 1. The van der Waals surface area contributed by atoms with Crippen LogP contribution in [-0.2, 0) is 0 Å². The maximum Gasteiger partial charge on any atom is 0.0705 e. The van der Waals surface area contributed by atoms with Gasteiger partial charge in [-0.25, -0.2) is 0 Å². The highest BCUT2D eigenvalue weighted by Crippen LogP contribution is 2.29. The molecule has 0 amide bonds. The Morgan fingerprint density at radius 2 is 1.27 bits per heavy atom. The zero-order valence-electron chi connectivity index (χ0n) is 13.6. The Hall–Kier alpha value is -2.41. The molecule has 0 aliphatic rings. The molecule has 110 valence electrons. The lowest BCUT2D eigenvalue weighted by atomic mass is 9.96. The van der Waals surface area contributed by atoms with Gasteiger partial charge in [0.1, 0.15) is 0 Å². The fourth-order valence-electron chi connectivity index (χ4n) is 2.84. The van der Waals surface area contributed by atoms with Gasteiger partial charge in [0, 0.05) is 17.3 Å². The van der Waals surface area contributed by atoms with Gasteiger partial charge >= 0.3 is 0 Å². The van der Waals surface area contributed by atoms with Gasteiger partial charge in [-0.1, -0.05) is 53.6 Å². The van der Waals surface area contributed by atoms with Crippen LogP contribution in [0.5, 0.6) is 0 Å². The van der Waals surface area contributed by atoms with E-state index in [4.69, 9.17) is 0 Å². The molecule has 0 radical (unpaired) electrons. The maximum atomic E-state index is 4.68. The molecule has 0 fully saturated rings. The average molecular weight is 287 g/mol. The smallest absolute Gasteiger partial charge is 0.0705 e. The molecular formula is C21H21N. The van der Waals surface area contributed by atoms with Gasteiger partial charge in [0.15, 0.2) is 0 Å². The lowest BCUT2D eigenvalue weighted by Crippen LogP contribution is -1.92. The van der Waals surface area contributed by atoms with Crippen LogP contribution in [0, 0.1) is 27.7 Å². The Kier molecular flexibility index (Phi) is 3.81. The minimum atomic E-state index is 1.03. The van der Waals surface area contributed by atoms with Crippen molar-refractivity contribution >= 4 is 0 Å². The first kappa shape index (κ1) is 14.5. The van der Waals surface area contributed by atoms with Crippen molar-refractivity contribution in [1.29, 1.82) is 0 Å². The fourth-order valence-corrected chi connectivity index (χ4v) is 2.84. The molecule has 0 atom stereocenters. The summed E-state index contributed by atoms with van der Waals surface area (Å²) in [6.07, 6.45) is 2.00. The molecule has 1 nitrogen and oxygen atoms in total. The summed E-state index contributed by atoms with van der Waals surface area (Å²) in [6.45, 7) is 8.55. The first-order valence-corrected chi connectivity index (χ1v) is 7.66. The monoisotopic (exact) mass is 287 g/mol. The minimum Gasteiger partial charge on any atom is -0.256 e. The van der Waals surface area contributed by atoms with Gasteiger partial charge in [0.05, 0.1) is 5.69 Å². The van der Waals surface area contributed by atoms with E-state index in [0.717, 1.165) is 5.69 Å². The van der Waals surface area contributed by atoms with Crippen molar-refractivity contribution in [3.8, 4) is 22.4 Å². The third-order valence-electron chi connectivity index (χ3n) is 4.13. The van der Waals surface area contributed by atoms with Gasteiger partial charge in [0.25, 0.3) is 0 Å². The zero-order chi connectivity index (χ0) is 15.7. The van der Waals surface area contributed by atoms with Crippen molar-refractivity contribution < 1.29 is 0 Å². The molecule has 22 heavy (non-hydrogen) atoms. The molecule has 1 heteroatoms. The lowest BCUT2D eigenvalue weighted by Gasteiger charge is -2.11. The number of hydrogen-bond acceptors (Lipinski definition) is 1. The molecule has 1 heterocycles. The molecule has 3 aromatic rings. The van der Waals surface area contributed by atoms with Crippen LogP contribution < -0.4 is 0 Å². The summed E-state index contributed by atoms with van der Waals surface area (Å²) < 4.78 is 0. The van der Waals surface area contributed by atoms with Crippen molar-refractivity contribution in [2.45, 2.75) is 27.7 Å². The van der Waals surface area contributed by atoms with E-state index in [-0.39, 0.29) is 0 Å². The molecular weight excluding hydrogens is 266 g/mol. The Morgan fingerprint density at radius 3 is 1.91 bits per heavy atom. The average Bonchev–Trinajstić information content (AvgIpc) is 2.49. The summed E-state index contributed by atoms with van der Waals surface area (Å²) in [5.41, 5.74) is 9.81. The third kappa shape index (κ3) is 2.80. The van der Waals surface area contributed by atoms with E-state index >= 15 is 0 Å². The molecule has 0 saturated heterocycles. The highest BCUT2D eigenvalue weighted by Gasteiger charge is 2.08. The van der Waals surface area contributed by atoms with Crippen molar-refractivity contribution in [3.05, 3.63) is 77.0 Å². The lowest BCUT2D eigenvalue weighted by molar-refractivity contribution is 1.27. The third-order valence-corrected chi connectivity index (χ3v) is 4.13. The van der Waals surface area contributed by atoms with Crippen molar-refractivity contribution in [3.63, 3.8) is 0 Å². The van der Waals surface area contributed by atoms with Gasteiger partial charge in [-0.05, 0) is 50.5 Å². The molecule has 1 aromatic heterocycles. The van der Waals surface area contributed by atoms with Crippen LogP contribution in [-0.4, -0.2) is 4.98 Å². The zero-order valence-corrected chi connectivity index (χ0v) is 13.6. The first-order chi connectivity index (χ1) is 10.5. The Bertz CT molecular complexity index is 814. The van der Waals surface area contributed by atoms with Crippen LogP contribution in [0.15, 0.2) is 54.7 Å². The second kappa shape index (κ2) is 5.76. The fraction of sp³-hybridized carbons (Fsp3) is 0.190. The second-order valence-corrected chi connectivity index (χ2v) is 6.07. The number of aryl methyl sites for hydroxylation is 4. The van der Waals surface area contributed by atoms with Gasteiger partial charge in [0.2, 0.25) is 0 Å². The summed E-state index contributed by atoms with van der Waals surface area (Å²) >= 11 is 0. The van der Waals surface area contributed by atoms with Crippen LogP contribution in [0.3, 0.4) is 0 Å². The summed E-state index contributed by atoms with van der Waals surface area (Å²) in [7, 11) is 0. The molecule has 0 N–H and O–H groups in total. The van der Waals surface area contributed by atoms with E-state index in [1.54, 1.807) is 0 Å². The highest BCUT2D eigenvalue weighted by molar-refractivity contribution is 5.72. The summed E-state index contributed by atoms with van der Waals surface area (Å²) in [5.74, 6) is 0. The molecule has 0 saturated carbocycles. The number of nitrogens with zero attached hydrogens (tertiary/aromatic N) is 1. The molecule has 3 rings (SSSR count). The summed E-state index contributed by atoms with van der Waals surface area (Å²) in [6, 6.07) is 17.3.